The first-order chi connectivity index (χ1) is 14.3. The van der Waals surface area contributed by atoms with Crippen LogP contribution in [0.4, 0.5) is 18.9 Å². The van der Waals surface area contributed by atoms with Gasteiger partial charge in [-0.05, 0) is 43.5 Å². The van der Waals surface area contributed by atoms with E-state index in [1.807, 2.05) is 0 Å². The van der Waals surface area contributed by atoms with Crippen molar-refractivity contribution in [3.05, 3.63) is 56.8 Å². The fourth-order valence-corrected chi connectivity index (χ4v) is 3.24. The molecule has 0 N–H and O–H groups in total. The number of nitro benzene ring substituents is 1. The molecule has 0 aliphatic carbocycles. The van der Waals surface area contributed by atoms with Crippen molar-refractivity contribution in [2.45, 2.75) is 26.9 Å². The second-order valence-electron chi connectivity index (χ2n) is 6.71. The molecule has 7 nitrogen and oxygen atoms in total. The molecule has 1 heterocycles. The molecular weight excluding hydrogens is 441 g/mol. The third-order valence-corrected chi connectivity index (χ3v) is 5.24. The summed E-state index contributed by atoms with van der Waals surface area (Å²) in [5, 5.41) is 10.8. The van der Waals surface area contributed by atoms with E-state index in [0.29, 0.717) is 11.3 Å². The summed E-state index contributed by atoms with van der Waals surface area (Å²) in [6.45, 7) is 8.52. The molecule has 1 atom stereocenters. The Bertz CT molecular complexity index is 928. The first-order valence-corrected chi connectivity index (χ1v) is 9.45. The van der Waals surface area contributed by atoms with Gasteiger partial charge in [0.15, 0.2) is 0 Å². The molecule has 1 aromatic rings. The van der Waals surface area contributed by atoms with Crippen LogP contribution in [0.1, 0.15) is 35.3 Å². The third-order valence-electron chi connectivity index (χ3n) is 4.87. The molecule has 31 heavy (non-hydrogen) atoms. The Labute approximate surface area is 182 Å². The third kappa shape index (κ3) is 6.06. The SMILES string of the molecule is C=Cc1cc([N+](=O)[O-])c(C(=O)OC)cc1C.CC1=C(C)N(C(=O)C(F)(F)F)CC1CCl. The molecule has 0 radical (unpaired) electrons. The predicted octanol–water partition coefficient (Wildman–Crippen LogP) is 4.87. The molecule has 0 aromatic heterocycles. The molecule has 1 aliphatic rings. The van der Waals surface area contributed by atoms with Gasteiger partial charge in [0, 0.05) is 30.1 Å². The summed E-state index contributed by atoms with van der Waals surface area (Å²) in [6.07, 6.45) is -3.31. The Morgan fingerprint density at radius 2 is 1.94 bits per heavy atom. The van der Waals surface area contributed by atoms with Crippen LogP contribution in [0.3, 0.4) is 0 Å². The van der Waals surface area contributed by atoms with Gasteiger partial charge in [0.2, 0.25) is 0 Å². The van der Waals surface area contributed by atoms with E-state index >= 15 is 0 Å². The number of aryl methyl sites for hydroxylation is 1. The molecule has 2 rings (SSSR count). The molecule has 1 aromatic carbocycles. The number of benzene rings is 1. The number of alkyl halides is 4. The van der Waals surface area contributed by atoms with Crippen molar-refractivity contribution in [1.29, 1.82) is 0 Å². The van der Waals surface area contributed by atoms with E-state index in [1.54, 1.807) is 13.8 Å². The van der Waals surface area contributed by atoms with E-state index in [0.717, 1.165) is 16.0 Å². The molecule has 0 bridgehead atoms. The maximum atomic E-state index is 12.2. The van der Waals surface area contributed by atoms with E-state index < -0.39 is 23.0 Å². The average Bonchev–Trinajstić information content (AvgIpc) is 3.00. The van der Waals surface area contributed by atoms with Crippen LogP contribution in [0, 0.1) is 23.0 Å². The summed E-state index contributed by atoms with van der Waals surface area (Å²) in [5.74, 6) is -2.47. The Kier molecular flexibility index (Phi) is 8.80. The van der Waals surface area contributed by atoms with Gasteiger partial charge in [-0.1, -0.05) is 12.7 Å². The maximum absolute atomic E-state index is 12.2. The number of hydrogen-bond acceptors (Lipinski definition) is 5. The minimum atomic E-state index is -4.82. The highest BCUT2D eigenvalue weighted by atomic mass is 35.5. The van der Waals surface area contributed by atoms with E-state index in [9.17, 15) is 32.9 Å². The highest BCUT2D eigenvalue weighted by Crippen LogP contribution is 2.32. The number of nitro groups is 1. The summed E-state index contributed by atoms with van der Waals surface area (Å²) < 4.78 is 41.0. The number of ether oxygens (including phenoxy) is 1. The van der Waals surface area contributed by atoms with Gasteiger partial charge in [-0.3, -0.25) is 14.9 Å². The van der Waals surface area contributed by atoms with Crippen LogP contribution in [0.15, 0.2) is 30.0 Å². The van der Waals surface area contributed by atoms with Crippen LogP contribution in [-0.2, 0) is 9.53 Å². The van der Waals surface area contributed by atoms with Crippen molar-refractivity contribution in [3.8, 4) is 0 Å². The number of carbonyl (C=O) groups is 2. The fourth-order valence-electron chi connectivity index (χ4n) is 2.91. The van der Waals surface area contributed by atoms with Crippen molar-refractivity contribution in [2.24, 2.45) is 5.92 Å². The number of halogens is 4. The van der Waals surface area contributed by atoms with Crippen LogP contribution in [0.2, 0.25) is 0 Å². The quantitative estimate of drug-likeness (QED) is 0.275. The van der Waals surface area contributed by atoms with E-state index in [1.165, 1.54) is 32.2 Å². The molecule has 1 aliphatic heterocycles. The van der Waals surface area contributed by atoms with Crippen molar-refractivity contribution >= 4 is 35.2 Å². The number of esters is 1. The first-order valence-electron chi connectivity index (χ1n) is 8.91. The molecule has 0 saturated carbocycles. The fraction of sp³-hybridized carbons (Fsp3) is 0.400. The standard InChI is InChI=1S/C11H11NO4.C9H11ClF3NO/c1-4-8-6-10(12(14)15)9(5-7(8)2)11(13)16-3;1-5-6(2)14(4-7(5)3-10)8(15)9(11,12)13/h4-6H,1H2,2-3H3;7H,3-4H2,1-2H3. The summed E-state index contributed by atoms with van der Waals surface area (Å²) in [7, 11) is 1.18. The summed E-state index contributed by atoms with van der Waals surface area (Å²) in [4.78, 5) is 33.3. The minimum Gasteiger partial charge on any atom is -0.465 e. The highest BCUT2D eigenvalue weighted by Gasteiger charge is 2.45. The van der Waals surface area contributed by atoms with Crippen molar-refractivity contribution < 1.29 is 32.4 Å². The summed E-state index contributed by atoms with van der Waals surface area (Å²) >= 11 is 5.60. The van der Waals surface area contributed by atoms with Gasteiger partial charge >= 0.3 is 18.1 Å². The number of amides is 1. The monoisotopic (exact) mass is 462 g/mol. The highest BCUT2D eigenvalue weighted by molar-refractivity contribution is 6.18. The smallest absolute Gasteiger partial charge is 0.465 e. The second-order valence-corrected chi connectivity index (χ2v) is 7.02. The molecule has 0 spiro atoms. The summed E-state index contributed by atoms with van der Waals surface area (Å²) in [6, 6.07) is 2.75. The molecule has 0 saturated heterocycles. The topological polar surface area (TPSA) is 89.8 Å². The number of hydrogen-bond donors (Lipinski definition) is 0. The molecule has 0 fully saturated rings. The first kappa shape index (κ1) is 26.2. The van der Waals surface area contributed by atoms with Gasteiger partial charge in [-0.15, -0.1) is 11.6 Å². The van der Waals surface area contributed by atoms with Crippen LogP contribution >= 0.6 is 11.6 Å². The van der Waals surface area contributed by atoms with Gasteiger partial charge in [-0.25, -0.2) is 4.79 Å². The number of methoxy groups -OCH3 is 1. The van der Waals surface area contributed by atoms with E-state index in [2.05, 4.69) is 11.3 Å². The molecule has 1 amide bonds. The van der Waals surface area contributed by atoms with Gasteiger partial charge < -0.3 is 9.64 Å². The Morgan fingerprint density at radius 1 is 1.35 bits per heavy atom. The zero-order valence-electron chi connectivity index (χ0n) is 17.4. The van der Waals surface area contributed by atoms with Crippen LogP contribution in [-0.4, -0.2) is 47.4 Å². The van der Waals surface area contributed by atoms with Crippen LogP contribution in [0.25, 0.3) is 6.08 Å². The van der Waals surface area contributed by atoms with E-state index in [4.69, 9.17) is 11.6 Å². The van der Waals surface area contributed by atoms with Gasteiger partial charge in [0.05, 0.1) is 12.0 Å². The largest absolute Gasteiger partial charge is 0.471 e. The van der Waals surface area contributed by atoms with Crippen LogP contribution < -0.4 is 0 Å². The average molecular weight is 463 g/mol. The minimum absolute atomic E-state index is 0.0273. The molecular formula is C20H22ClF3N2O5. The summed E-state index contributed by atoms with van der Waals surface area (Å²) in [5.41, 5.74) is 2.16. The molecule has 11 heteroatoms. The van der Waals surface area contributed by atoms with E-state index in [-0.39, 0.29) is 29.6 Å². The number of rotatable bonds is 4. The lowest BCUT2D eigenvalue weighted by molar-refractivity contribution is -0.385. The zero-order valence-corrected chi connectivity index (χ0v) is 18.1. The Morgan fingerprint density at radius 3 is 2.32 bits per heavy atom. The second kappa shape index (κ2) is 10.4. The van der Waals surface area contributed by atoms with Gasteiger partial charge in [0.1, 0.15) is 5.56 Å². The normalized spacial score (nSPS) is 15.9. The predicted molar refractivity (Wildman–Crippen MR) is 110 cm³/mol. The maximum Gasteiger partial charge on any atom is 0.471 e. The molecule has 1 unspecified atom stereocenters. The number of carbonyl (C=O) groups excluding carboxylic acids is 2. The lowest BCUT2D eigenvalue weighted by atomic mass is 10.0. The zero-order chi connectivity index (χ0) is 24.1. The van der Waals surface area contributed by atoms with Gasteiger partial charge in [-0.2, -0.15) is 13.2 Å². The van der Waals surface area contributed by atoms with Crippen molar-refractivity contribution in [3.63, 3.8) is 0 Å². The van der Waals surface area contributed by atoms with Gasteiger partial charge in [0.25, 0.3) is 5.69 Å². The number of nitrogens with zero attached hydrogens (tertiary/aromatic N) is 2. The van der Waals surface area contributed by atoms with Crippen molar-refractivity contribution in [1.82, 2.24) is 4.90 Å². The lowest BCUT2D eigenvalue weighted by Gasteiger charge is -2.19. The lowest BCUT2D eigenvalue weighted by Crippen LogP contribution is -2.39. The number of allylic oxidation sites excluding steroid dienone is 1. The Balaban J connectivity index is 0.000000311. The van der Waals surface area contributed by atoms with Crippen LogP contribution in [0.5, 0.6) is 0 Å². The van der Waals surface area contributed by atoms with Crippen molar-refractivity contribution in [2.75, 3.05) is 19.5 Å². The Hall–Kier alpha value is -2.88. The molecule has 170 valence electrons.